The number of nitrogens with one attached hydrogen (secondary N) is 1. The van der Waals surface area contributed by atoms with Gasteiger partial charge in [0.2, 0.25) is 0 Å². The zero-order valence-corrected chi connectivity index (χ0v) is 14.9. The van der Waals surface area contributed by atoms with Crippen molar-refractivity contribution in [2.24, 2.45) is 4.99 Å². The molecule has 2 aliphatic heterocycles. The molecule has 0 radical (unpaired) electrons. The van der Waals surface area contributed by atoms with Crippen LogP contribution in [0.1, 0.15) is 12.5 Å². The lowest BCUT2D eigenvalue weighted by atomic mass is 10.1. The second-order valence-corrected chi connectivity index (χ2v) is 6.77. The smallest absolute Gasteiger partial charge is 0.138 e. The lowest BCUT2D eigenvalue weighted by molar-refractivity contribution is 0.190. The third-order valence-electron chi connectivity index (χ3n) is 4.80. The number of halogens is 2. The molecule has 6 heteroatoms. The molecule has 0 amide bonds. The van der Waals surface area contributed by atoms with Gasteiger partial charge in [0.15, 0.2) is 0 Å². The van der Waals surface area contributed by atoms with E-state index in [9.17, 15) is 4.39 Å². The van der Waals surface area contributed by atoms with Gasteiger partial charge in [-0.1, -0.05) is 18.5 Å². The predicted octanol–water partition coefficient (Wildman–Crippen LogP) is 4.25. The standard InChI is InChI=1S/C19H20ClFN4/c1-2-24-7-9-25(10-8-24)19-15-12-14(21)4-6-16(15)22-17-5-3-13(20)11-18(17)23-19/h3-6,11-12,22H,2,7-10H2,1H3. The number of fused-ring (bicyclic) bond motifs is 2. The maximum atomic E-state index is 13.9. The summed E-state index contributed by atoms with van der Waals surface area (Å²) in [4.78, 5) is 9.51. The molecule has 2 heterocycles. The van der Waals surface area contributed by atoms with Crippen LogP contribution in [0.15, 0.2) is 41.4 Å². The van der Waals surface area contributed by atoms with Crippen molar-refractivity contribution in [2.45, 2.75) is 6.92 Å². The van der Waals surface area contributed by atoms with Crippen molar-refractivity contribution >= 4 is 34.5 Å². The van der Waals surface area contributed by atoms with Crippen molar-refractivity contribution < 1.29 is 4.39 Å². The summed E-state index contributed by atoms with van der Waals surface area (Å²) in [6, 6.07) is 10.4. The van der Waals surface area contributed by atoms with Gasteiger partial charge in [0.1, 0.15) is 11.7 Å². The lowest BCUT2D eigenvalue weighted by Gasteiger charge is -2.36. The minimum absolute atomic E-state index is 0.260. The Labute approximate surface area is 151 Å². The molecule has 1 fully saturated rings. The topological polar surface area (TPSA) is 30.9 Å². The number of anilines is 2. The van der Waals surface area contributed by atoms with Crippen molar-refractivity contribution in [3.63, 3.8) is 0 Å². The van der Waals surface area contributed by atoms with E-state index in [-0.39, 0.29) is 5.82 Å². The first-order valence-electron chi connectivity index (χ1n) is 8.56. The highest BCUT2D eigenvalue weighted by molar-refractivity contribution is 6.31. The number of amidine groups is 1. The van der Waals surface area contributed by atoms with E-state index in [2.05, 4.69) is 22.0 Å². The van der Waals surface area contributed by atoms with E-state index in [1.54, 1.807) is 12.1 Å². The first-order chi connectivity index (χ1) is 12.1. The molecule has 2 aromatic rings. The lowest BCUT2D eigenvalue weighted by Crippen LogP contribution is -2.48. The summed E-state index contributed by atoms with van der Waals surface area (Å²) in [5.41, 5.74) is 3.30. The number of nitrogens with zero attached hydrogens (tertiary/aromatic N) is 3. The SMILES string of the molecule is CCN1CCN(C2=Nc3cc(Cl)ccc3Nc3ccc(F)cc32)CC1. The Morgan fingerprint density at radius 1 is 1.08 bits per heavy atom. The van der Waals surface area contributed by atoms with E-state index in [1.807, 2.05) is 18.2 Å². The van der Waals surface area contributed by atoms with E-state index < -0.39 is 0 Å². The van der Waals surface area contributed by atoms with Crippen LogP contribution in [-0.2, 0) is 0 Å². The van der Waals surface area contributed by atoms with Crippen LogP contribution in [0.2, 0.25) is 5.02 Å². The fraction of sp³-hybridized carbons (Fsp3) is 0.316. The largest absolute Gasteiger partial charge is 0.353 e. The molecule has 0 aromatic heterocycles. The summed E-state index contributed by atoms with van der Waals surface area (Å²) < 4.78 is 13.9. The van der Waals surface area contributed by atoms with Gasteiger partial charge in [0.05, 0.1) is 11.4 Å². The maximum Gasteiger partial charge on any atom is 0.138 e. The molecule has 2 aliphatic rings. The molecule has 25 heavy (non-hydrogen) atoms. The van der Waals surface area contributed by atoms with Gasteiger partial charge in [-0.15, -0.1) is 0 Å². The van der Waals surface area contributed by atoms with E-state index in [1.165, 1.54) is 6.07 Å². The van der Waals surface area contributed by atoms with Gasteiger partial charge < -0.3 is 15.1 Å². The Morgan fingerprint density at radius 3 is 2.60 bits per heavy atom. The molecule has 0 bridgehead atoms. The molecule has 0 unspecified atom stereocenters. The summed E-state index contributed by atoms with van der Waals surface area (Å²) in [7, 11) is 0. The highest BCUT2D eigenvalue weighted by Crippen LogP contribution is 2.36. The molecule has 0 aliphatic carbocycles. The van der Waals surface area contributed by atoms with E-state index in [0.717, 1.165) is 61.2 Å². The van der Waals surface area contributed by atoms with Gasteiger partial charge in [-0.2, -0.15) is 0 Å². The van der Waals surface area contributed by atoms with Crippen LogP contribution in [0.5, 0.6) is 0 Å². The van der Waals surface area contributed by atoms with E-state index >= 15 is 0 Å². The number of likely N-dealkylation sites (N-methyl/N-ethyl adjacent to an activating group) is 1. The third-order valence-corrected chi connectivity index (χ3v) is 5.03. The molecular weight excluding hydrogens is 339 g/mol. The Bertz CT molecular complexity index is 828. The van der Waals surface area contributed by atoms with Crippen molar-refractivity contribution in [3.05, 3.63) is 52.8 Å². The first-order valence-corrected chi connectivity index (χ1v) is 8.94. The van der Waals surface area contributed by atoms with E-state index in [4.69, 9.17) is 16.6 Å². The number of benzene rings is 2. The van der Waals surface area contributed by atoms with Gasteiger partial charge in [-0.25, -0.2) is 9.38 Å². The molecule has 1 saturated heterocycles. The molecule has 0 spiro atoms. The fourth-order valence-corrected chi connectivity index (χ4v) is 3.52. The van der Waals surface area contributed by atoms with Crippen molar-refractivity contribution in [2.75, 3.05) is 38.0 Å². The normalized spacial score (nSPS) is 17.2. The van der Waals surface area contributed by atoms with Crippen LogP contribution >= 0.6 is 11.6 Å². The summed E-state index contributed by atoms with van der Waals surface area (Å²) in [6.07, 6.45) is 0. The van der Waals surface area contributed by atoms with Crippen LogP contribution in [0.3, 0.4) is 0 Å². The van der Waals surface area contributed by atoms with Gasteiger partial charge in [-0.3, -0.25) is 0 Å². The molecular formula is C19H20ClFN4. The Balaban J connectivity index is 1.80. The summed E-state index contributed by atoms with van der Waals surface area (Å²) in [5.74, 6) is 0.545. The maximum absolute atomic E-state index is 13.9. The molecule has 4 nitrogen and oxygen atoms in total. The molecule has 0 saturated carbocycles. The van der Waals surface area contributed by atoms with Crippen LogP contribution in [-0.4, -0.2) is 48.4 Å². The predicted molar refractivity (Wildman–Crippen MR) is 101 cm³/mol. The van der Waals surface area contributed by atoms with Crippen LogP contribution in [0.4, 0.5) is 21.5 Å². The van der Waals surface area contributed by atoms with Gasteiger partial charge >= 0.3 is 0 Å². The molecule has 4 rings (SSSR count). The van der Waals surface area contributed by atoms with Gasteiger partial charge in [-0.05, 0) is 42.9 Å². The molecule has 0 atom stereocenters. The quantitative estimate of drug-likeness (QED) is 0.826. The minimum atomic E-state index is -0.260. The Kier molecular flexibility index (Phi) is 4.36. The zero-order valence-electron chi connectivity index (χ0n) is 14.1. The fourth-order valence-electron chi connectivity index (χ4n) is 3.35. The van der Waals surface area contributed by atoms with Gasteiger partial charge in [0, 0.05) is 42.5 Å². The molecule has 1 N–H and O–H groups in total. The Morgan fingerprint density at radius 2 is 1.84 bits per heavy atom. The highest BCUT2D eigenvalue weighted by Gasteiger charge is 2.25. The van der Waals surface area contributed by atoms with Crippen LogP contribution in [0.25, 0.3) is 0 Å². The second kappa shape index (κ2) is 6.65. The number of aliphatic imine (C=N–C) groups is 1. The molecule has 130 valence electrons. The summed E-state index contributed by atoms with van der Waals surface area (Å²) in [5, 5.41) is 4.01. The van der Waals surface area contributed by atoms with Crippen LogP contribution < -0.4 is 5.32 Å². The molecule has 2 aromatic carbocycles. The van der Waals surface area contributed by atoms with Gasteiger partial charge in [0.25, 0.3) is 0 Å². The average molecular weight is 359 g/mol. The van der Waals surface area contributed by atoms with Crippen molar-refractivity contribution in [1.82, 2.24) is 9.80 Å². The number of hydrogen-bond acceptors (Lipinski definition) is 4. The number of piperazine rings is 1. The Hall–Kier alpha value is -2.11. The average Bonchev–Trinajstić information content (AvgIpc) is 2.78. The second-order valence-electron chi connectivity index (χ2n) is 6.33. The number of hydrogen-bond donors (Lipinski definition) is 1. The summed E-state index contributed by atoms with van der Waals surface area (Å²) in [6.45, 7) is 6.93. The third kappa shape index (κ3) is 3.22. The minimum Gasteiger partial charge on any atom is -0.353 e. The van der Waals surface area contributed by atoms with E-state index in [0.29, 0.717) is 5.02 Å². The zero-order chi connectivity index (χ0) is 17.4. The first kappa shape index (κ1) is 16.4. The van der Waals surface area contributed by atoms with Crippen molar-refractivity contribution in [1.29, 1.82) is 0 Å². The van der Waals surface area contributed by atoms with Crippen LogP contribution in [0, 0.1) is 5.82 Å². The monoisotopic (exact) mass is 358 g/mol. The number of rotatable bonds is 1. The summed E-state index contributed by atoms with van der Waals surface area (Å²) >= 11 is 6.16. The van der Waals surface area contributed by atoms with Crippen molar-refractivity contribution in [3.8, 4) is 0 Å². The highest BCUT2D eigenvalue weighted by atomic mass is 35.5.